The first-order chi connectivity index (χ1) is 9.63. The van der Waals surface area contributed by atoms with Crippen molar-refractivity contribution >= 4 is 29.3 Å². The standard InChI is InChI=1S/C15H22N4O.ClH/c1-11(2)19-13-6-4-3-5-12(13)18-14(19)8-10-17-15(20)7-9-16;/h3-6,11H,7-10,16H2,1-2H3,(H,17,20);1H. The summed E-state index contributed by atoms with van der Waals surface area (Å²) in [6, 6.07) is 8.46. The van der Waals surface area contributed by atoms with Crippen LogP contribution < -0.4 is 11.1 Å². The zero-order chi connectivity index (χ0) is 14.5. The van der Waals surface area contributed by atoms with Gasteiger partial charge in [-0.3, -0.25) is 4.79 Å². The molecule has 0 saturated carbocycles. The molecule has 1 aromatic heterocycles. The maximum Gasteiger partial charge on any atom is 0.221 e. The van der Waals surface area contributed by atoms with Crippen molar-refractivity contribution in [3.63, 3.8) is 0 Å². The second-order valence-electron chi connectivity index (χ2n) is 5.12. The number of hydrogen-bond donors (Lipinski definition) is 2. The van der Waals surface area contributed by atoms with Crippen molar-refractivity contribution in [2.45, 2.75) is 32.7 Å². The first-order valence-electron chi connectivity index (χ1n) is 7.06. The van der Waals surface area contributed by atoms with E-state index >= 15 is 0 Å². The maximum absolute atomic E-state index is 11.4. The van der Waals surface area contributed by atoms with Crippen molar-refractivity contribution in [2.75, 3.05) is 13.1 Å². The number of aromatic nitrogens is 2. The van der Waals surface area contributed by atoms with E-state index in [1.807, 2.05) is 18.2 Å². The molecule has 1 heterocycles. The highest BCUT2D eigenvalue weighted by molar-refractivity contribution is 5.85. The minimum Gasteiger partial charge on any atom is -0.356 e. The molecule has 0 aliphatic rings. The molecule has 2 aromatic rings. The highest BCUT2D eigenvalue weighted by Crippen LogP contribution is 2.20. The molecule has 21 heavy (non-hydrogen) atoms. The number of carbonyl (C=O) groups excluding carboxylic acids is 1. The number of carbonyl (C=O) groups is 1. The van der Waals surface area contributed by atoms with Crippen LogP contribution in [0.5, 0.6) is 0 Å². The Bertz CT molecular complexity index is 594. The maximum atomic E-state index is 11.4. The second-order valence-corrected chi connectivity index (χ2v) is 5.12. The van der Waals surface area contributed by atoms with Crippen LogP contribution in [-0.4, -0.2) is 28.5 Å². The number of para-hydroxylation sites is 2. The van der Waals surface area contributed by atoms with E-state index in [1.165, 1.54) is 0 Å². The summed E-state index contributed by atoms with van der Waals surface area (Å²) in [5, 5.41) is 2.87. The lowest BCUT2D eigenvalue weighted by atomic mass is 10.3. The van der Waals surface area contributed by atoms with Gasteiger partial charge in [-0.15, -0.1) is 12.4 Å². The molecule has 0 unspecified atom stereocenters. The summed E-state index contributed by atoms with van der Waals surface area (Å²) in [5.74, 6) is 1.01. The Labute approximate surface area is 131 Å². The lowest BCUT2D eigenvalue weighted by Gasteiger charge is -2.13. The van der Waals surface area contributed by atoms with E-state index in [4.69, 9.17) is 5.73 Å². The fourth-order valence-electron chi connectivity index (χ4n) is 2.38. The van der Waals surface area contributed by atoms with Gasteiger partial charge in [-0.2, -0.15) is 0 Å². The molecular weight excluding hydrogens is 288 g/mol. The van der Waals surface area contributed by atoms with Gasteiger partial charge in [0, 0.05) is 32.0 Å². The zero-order valence-corrected chi connectivity index (χ0v) is 13.3. The molecule has 5 nitrogen and oxygen atoms in total. The molecule has 0 aliphatic heterocycles. The lowest BCUT2D eigenvalue weighted by Crippen LogP contribution is -2.28. The van der Waals surface area contributed by atoms with E-state index in [9.17, 15) is 4.79 Å². The number of imidazole rings is 1. The van der Waals surface area contributed by atoms with Crippen LogP contribution in [0, 0.1) is 0 Å². The molecule has 1 aromatic carbocycles. The van der Waals surface area contributed by atoms with Crippen molar-refractivity contribution in [3.8, 4) is 0 Å². The van der Waals surface area contributed by atoms with Gasteiger partial charge < -0.3 is 15.6 Å². The van der Waals surface area contributed by atoms with Crippen molar-refractivity contribution in [1.82, 2.24) is 14.9 Å². The normalized spacial score (nSPS) is 10.7. The van der Waals surface area contributed by atoms with Gasteiger partial charge in [-0.05, 0) is 26.0 Å². The fourth-order valence-corrected chi connectivity index (χ4v) is 2.38. The summed E-state index contributed by atoms with van der Waals surface area (Å²) in [6.07, 6.45) is 1.10. The van der Waals surface area contributed by atoms with Crippen LogP contribution in [-0.2, 0) is 11.2 Å². The Kier molecular flexibility index (Phi) is 6.65. The third kappa shape index (κ3) is 4.19. The quantitative estimate of drug-likeness (QED) is 0.857. The van der Waals surface area contributed by atoms with Gasteiger partial charge >= 0.3 is 0 Å². The molecule has 0 bridgehead atoms. The van der Waals surface area contributed by atoms with Crippen LogP contribution in [0.4, 0.5) is 0 Å². The van der Waals surface area contributed by atoms with Gasteiger partial charge in [-0.25, -0.2) is 4.98 Å². The Balaban J connectivity index is 0.00000220. The molecule has 0 fully saturated rings. The Morgan fingerprint density at radius 1 is 1.38 bits per heavy atom. The Hall–Kier alpha value is -1.59. The molecule has 116 valence electrons. The van der Waals surface area contributed by atoms with Gasteiger partial charge in [0.2, 0.25) is 5.91 Å². The number of halogens is 1. The topological polar surface area (TPSA) is 72.9 Å². The number of fused-ring (bicyclic) bond motifs is 1. The average molecular weight is 311 g/mol. The van der Waals surface area contributed by atoms with Crippen LogP contribution in [0.2, 0.25) is 0 Å². The number of rotatable bonds is 6. The van der Waals surface area contributed by atoms with Crippen LogP contribution in [0.1, 0.15) is 32.1 Å². The van der Waals surface area contributed by atoms with E-state index in [2.05, 4.69) is 34.8 Å². The fraction of sp³-hybridized carbons (Fsp3) is 0.467. The molecule has 0 atom stereocenters. The molecule has 1 amide bonds. The predicted molar refractivity (Wildman–Crippen MR) is 87.8 cm³/mol. The van der Waals surface area contributed by atoms with Gasteiger partial charge in [0.05, 0.1) is 11.0 Å². The highest BCUT2D eigenvalue weighted by Gasteiger charge is 2.12. The van der Waals surface area contributed by atoms with Gasteiger partial charge in [0.1, 0.15) is 5.82 Å². The molecule has 0 saturated heterocycles. The number of amides is 1. The van der Waals surface area contributed by atoms with Crippen molar-refractivity contribution in [2.24, 2.45) is 5.73 Å². The first kappa shape index (κ1) is 17.5. The van der Waals surface area contributed by atoms with E-state index in [0.717, 1.165) is 23.3 Å². The molecule has 6 heteroatoms. The molecular formula is C15H23ClN4O. The summed E-state index contributed by atoms with van der Waals surface area (Å²) in [5.41, 5.74) is 7.50. The number of nitrogens with two attached hydrogens (primary N) is 1. The SMILES string of the molecule is CC(C)n1c(CCNC(=O)CCN)nc2ccccc21.Cl. The Morgan fingerprint density at radius 2 is 2.10 bits per heavy atom. The van der Waals surface area contributed by atoms with E-state index < -0.39 is 0 Å². The third-order valence-electron chi connectivity index (χ3n) is 3.23. The molecule has 2 rings (SSSR count). The summed E-state index contributed by atoms with van der Waals surface area (Å²) in [7, 11) is 0. The van der Waals surface area contributed by atoms with Gasteiger partial charge in [-0.1, -0.05) is 12.1 Å². The van der Waals surface area contributed by atoms with Crippen molar-refractivity contribution in [1.29, 1.82) is 0 Å². The highest BCUT2D eigenvalue weighted by atomic mass is 35.5. The largest absolute Gasteiger partial charge is 0.356 e. The predicted octanol–water partition coefficient (Wildman–Crippen LogP) is 2.05. The minimum atomic E-state index is -0.000270. The second kappa shape index (κ2) is 8.00. The van der Waals surface area contributed by atoms with Gasteiger partial charge in [0.15, 0.2) is 0 Å². The molecule has 0 radical (unpaired) electrons. The van der Waals surface area contributed by atoms with Gasteiger partial charge in [0.25, 0.3) is 0 Å². The monoisotopic (exact) mass is 310 g/mol. The zero-order valence-electron chi connectivity index (χ0n) is 12.5. The molecule has 0 aliphatic carbocycles. The number of nitrogens with one attached hydrogen (secondary N) is 1. The van der Waals surface area contributed by atoms with Crippen LogP contribution in [0.25, 0.3) is 11.0 Å². The van der Waals surface area contributed by atoms with E-state index in [1.54, 1.807) is 0 Å². The number of hydrogen-bond acceptors (Lipinski definition) is 3. The van der Waals surface area contributed by atoms with Crippen LogP contribution >= 0.6 is 12.4 Å². The Morgan fingerprint density at radius 3 is 2.76 bits per heavy atom. The first-order valence-corrected chi connectivity index (χ1v) is 7.06. The van der Waals surface area contributed by atoms with E-state index in [0.29, 0.717) is 25.6 Å². The van der Waals surface area contributed by atoms with Crippen molar-refractivity contribution in [3.05, 3.63) is 30.1 Å². The lowest BCUT2D eigenvalue weighted by molar-refractivity contribution is -0.120. The summed E-state index contributed by atoms with van der Waals surface area (Å²) >= 11 is 0. The summed E-state index contributed by atoms with van der Waals surface area (Å²) in [6.45, 7) is 5.26. The van der Waals surface area contributed by atoms with Crippen LogP contribution in [0.3, 0.4) is 0 Å². The summed E-state index contributed by atoms with van der Waals surface area (Å²) < 4.78 is 2.23. The smallest absolute Gasteiger partial charge is 0.221 e. The number of nitrogens with zero attached hydrogens (tertiary/aromatic N) is 2. The molecule has 0 spiro atoms. The number of benzene rings is 1. The average Bonchev–Trinajstić information content (AvgIpc) is 2.77. The van der Waals surface area contributed by atoms with Crippen LogP contribution in [0.15, 0.2) is 24.3 Å². The van der Waals surface area contributed by atoms with E-state index in [-0.39, 0.29) is 18.3 Å². The van der Waals surface area contributed by atoms with Crippen molar-refractivity contribution < 1.29 is 4.79 Å². The minimum absolute atomic E-state index is 0. The molecule has 3 N–H and O–H groups in total. The third-order valence-corrected chi connectivity index (χ3v) is 3.23. The summed E-state index contributed by atoms with van der Waals surface area (Å²) in [4.78, 5) is 16.1.